The first kappa shape index (κ1) is 22.7. The Morgan fingerprint density at radius 1 is 1.24 bits per heavy atom. The SMILES string of the molecule is Nc1[nH+]nc(C2CCN(c3ccc(NC(=O)Cc4cccc(OC(F)(F)F)c4)nn3)CC2)s1. The Kier molecular flexibility index (Phi) is 6.58. The first-order valence-corrected chi connectivity index (χ1v) is 10.9. The van der Waals surface area contributed by atoms with Gasteiger partial charge in [-0.05, 0) is 54.0 Å². The largest absolute Gasteiger partial charge is 0.573 e. The summed E-state index contributed by atoms with van der Waals surface area (Å²) >= 11 is 1.47. The number of nitrogens with two attached hydrogens (primary N) is 1. The Hall–Kier alpha value is -3.48. The molecule has 1 saturated heterocycles. The second-order valence-electron chi connectivity index (χ2n) is 7.49. The van der Waals surface area contributed by atoms with Gasteiger partial charge in [-0.3, -0.25) is 10.5 Å². The molecule has 2 aromatic heterocycles. The molecule has 0 bridgehead atoms. The third kappa shape index (κ3) is 6.28. The number of benzene rings is 1. The van der Waals surface area contributed by atoms with E-state index in [-0.39, 0.29) is 18.0 Å². The van der Waals surface area contributed by atoms with E-state index in [1.807, 2.05) is 0 Å². The number of piperidine rings is 1. The van der Waals surface area contributed by atoms with E-state index in [0.29, 0.717) is 22.4 Å². The van der Waals surface area contributed by atoms with Crippen LogP contribution in [0.1, 0.15) is 29.3 Å². The minimum atomic E-state index is -4.79. The molecule has 4 rings (SSSR count). The number of nitrogens with one attached hydrogen (secondary N) is 2. The zero-order valence-electron chi connectivity index (χ0n) is 17.3. The van der Waals surface area contributed by atoms with Crippen LogP contribution in [0.4, 0.5) is 29.9 Å². The predicted octanol–water partition coefficient (Wildman–Crippen LogP) is 2.79. The van der Waals surface area contributed by atoms with E-state index < -0.39 is 12.3 Å². The number of nitrogen functional groups attached to an aromatic ring is 1. The van der Waals surface area contributed by atoms with Crippen molar-refractivity contribution in [3.05, 3.63) is 47.0 Å². The molecule has 4 N–H and O–H groups in total. The maximum absolute atomic E-state index is 12.4. The first-order valence-electron chi connectivity index (χ1n) is 10.1. The second kappa shape index (κ2) is 9.57. The second-order valence-corrected chi connectivity index (χ2v) is 8.55. The fourth-order valence-corrected chi connectivity index (χ4v) is 4.39. The molecule has 13 heteroatoms. The Labute approximate surface area is 190 Å². The normalized spacial score (nSPS) is 14.8. The summed E-state index contributed by atoms with van der Waals surface area (Å²) in [6, 6.07) is 8.70. The number of halogens is 3. The minimum absolute atomic E-state index is 0.134. The van der Waals surface area contributed by atoms with E-state index >= 15 is 0 Å². The average molecular weight is 480 g/mol. The molecule has 1 aliphatic heterocycles. The number of hydrogen-bond donors (Lipinski definition) is 2. The van der Waals surface area contributed by atoms with E-state index in [1.165, 1.54) is 29.5 Å². The number of rotatable bonds is 6. The van der Waals surface area contributed by atoms with Gasteiger partial charge in [0.1, 0.15) is 10.8 Å². The van der Waals surface area contributed by atoms with Gasteiger partial charge in [0.05, 0.1) is 6.42 Å². The standard InChI is InChI=1S/C20H20F3N7O2S/c21-20(22,23)32-14-3-1-2-12(10-14)11-17(31)25-15-4-5-16(27-26-15)30-8-6-13(7-9-30)18-28-29-19(24)33-18/h1-5,10,13H,6-9,11H2,(H2,24,29)(H,25,26,31)/p+1. The smallest absolute Gasteiger partial charge is 0.406 e. The lowest BCUT2D eigenvalue weighted by molar-refractivity contribution is -0.433. The Balaban J connectivity index is 1.29. The highest BCUT2D eigenvalue weighted by Gasteiger charge is 2.31. The van der Waals surface area contributed by atoms with Crippen molar-refractivity contribution in [2.45, 2.75) is 31.5 Å². The maximum atomic E-state index is 12.4. The number of anilines is 3. The molecular formula is C20H21F3N7O2S+. The van der Waals surface area contributed by atoms with Gasteiger partial charge in [-0.25, -0.2) is 0 Å². The molecule has 0 spiro atoms. The summed E-state index contributed by atoms with van der Waals surface area (Å²) in [4.78, 5) is 14.4. The van der Waals surface area contributed by atoms with E-state index in [9.17, 15) is 18.0 Å². The van der Waals surface area contributed by atoms with Crippen molar-refractivity contribution in [2.75, 3.05) is 29.0 Å². The number of carbonyl (C=O) groups is 1. The number of ether oxygens (including phenoxy) is 1. The predicted molar refractivity (Wildman–Crippen MR) is 115 cm³/mol. The van der Waals surface area contributed by atoms with Crippen molar-refractivity contribution in [3.8, 4) is 5.75 Å². The Morgan fingerprint density at radius 3 is 2.67 bits per heavy atom. The monoisotopic (exact) mass is 480 g/mol. The van der Waals surface area contributed by atoms with Crippen LogP contribution in [0.5, 0.6) is 5.75 Å². The Bertz CT molecular complexity index is 1100. The number of H-pyrrole nitrogens is 1. The van der Waals surface area contributed by atoms with Crippen molar-refractivity contribution < 1.29 is 27.8 Å². The molecular weight excluding hydrogens is 459 g/mol. The number of hydrogen-bond acceptors (Lipinski definition) is 8. The van der Waals surface area contributed by atoms with E-state index in [0.717, 1.165) is 30.9 Å². The molecule has 174 valence electrons. The molecule has 0 saturated carbocycles. The first-order chi connectivity index (χ1) is 15.7. The number of alkyl halides is 3. The van der Waals surface area contributed by atoms with E-state index in [1.54, 1.807) is 18.2 Å². The molecule has 0 unspecified atom stereocenters. The lowest BCUT2D eigenvalue weighted by Crippen LogP contribution is -2.33. The molecule has 3 aromatic rings. The van der Waals surface area contributed by atoms with Crippen LogP contribution < -0.4 is 25.8 Å². The van der Waals surface area contributed by atoms with Gasteiger partial charge in [-0.1, -0.05) is 17.2 Å². The molecule has 1 amide bonds. The van der Waals surface area contributed by atoms with Gasteiger partial charge in [0.25, 0.3) is 0 Å². The Morgan fingerprint density at radius 2 is 2.03 bits per heavy atom. The molecule has 33 heavy (non-hydrogen) atoms. The van der Waals surface area contributed by atoms with Crippen LogP contribution >= 0.6 is 11.3 Å². The van der Waals surface area contributed by atoms with E-state index in [4.69, 9.17) is 5.73 Å². The van der Waals surface area contributed by atoms with Gasteiger partial charge >= 0.3 is 11.5 Å². The summed E-state index contributed by atoms with van der Waals surface area (Å²) in [7, 11) is 0. The quantitative estimate of drug-likeness (QED) is 0.557. The minimum Gasteiger partial charge on any atom is -0.406 e. The zero-order valence-corrected chi connectivity index (χ0v) is 18.1. The van der Waals surface area contributed by atoms with Gasteiger partial charge in [0.15, 0.2) is 11.6 Å². The molecule has 0 radical (unpaired) electrons. The van der Waals surface area contributed by atoms with Crippen molar-refractivity contribution >= 4 is 34.0 Å². The molecule has 1 aromatic carbocycles. The highest BCUT2D eigenvalue weighted by molar-refractivity contribution is 7.14. The molecule has 0 atom stereocenters. The van der Waals surface area contributed by atoms with Gasteiger partial charge in [-0.15, -0.1) is 28.5 Å². The molecule has 1 fully saturated rings. The summed E-state index contributed by atoms with van der Waals surface area (Å²) in [6.07, 6.45) is -3.10. The van der Waals surface area contributed by atoms with Gasteiger partial charge in [0, 0.05) is 19.0 Å². The lowest BCUT2D eigenvalue weighted by atomic mass is 9.98. The summed E-state index contributed by atoms with van der Waals surface area (Å²) < 4.78 is 41.0. The molecule has 9 nitrogen and oxygen atoms in total. The fourth-order valence-electron chi connectivity index (χ4n) is 3.58. The third-order valence-electron chi connectivity index (χ3n) is 5.07. The highest BCUT2D eigenvalue weighted by Crippen LogP contribution is 2.31. The van der Waals surface area contributed by atoms with Crippen LogP contribution in [0.2, 0.25) is 0 Å². The van der Waals surface area contributed by atoms with Crippen molar-refractivity contribution in [2.24, 2.45) is 0 Å². The van der Waals surface area contributed by atoms with Crippen LogP contribution in [-0.2, 0) is 11.2 Å². The topological polar surface area (TPSA) is 120 Å². The summed E-state index contributed by atoms with van der Waals surface area (Å²) in [6.45, 7) is 1.59. The summed E-state index contributed by atoms with van der Waals surface area (Å²) in [5, 5.41) is 19.5. The number of aromatic nitrogens is 4. The van der Waals surface area contributed by atoms with E-state index in [2.05, 4.69) is 35.3 Å². The van der Waals surface area contributed by atoms with Crippen LogP contribution in [0.3, 0.4) is 0 Å². The lowest BCUT2D eigenvalue weighted by Gasteiger charge is -2.31. The molecule has 3 heterocycles. The van der Waals surface area contributed by atoms with Crippen LogP contribution in [0.15, 0.2) is 36.4 Å². The van der Waals surface area contributed by atoms with Crippen molar-refractivity contribution in [3.63, 3.8) is 0 Å². The zero-order chi connectivity index (χ0) is 23.4. The third-order valence-corrected chi connectivity index (χ3v) is 6.02. The summed E-state index contributed by atoms with van der Waals surface area (Å²) in [5.74, 6) is 0.508. The molecule has 1 aliphatic rings. The van der Waals surface area contributed by atoms with Gasteiger partial charge in [0.2, 0.25) is 5.91 Å². The van der Waals surface area contributed by atoms with Crippen LogP contribution in [0, 0.1) is 0 Å². The molecule has 0 aliphatic carbocycles. The number of amides is 1. The van der Waals surface area contributed by atoms with Crippen molar-refractivity contribution in [1.82, 2.24) is 15.3 Å². The summed E-state index contributed by atoms with van der Waals surface area (Å²) in [5.41, 5.74) is 6.10. The fraction of sp³-hybridized carbons (Fsp3) is 0.350. The highest BCUT2D eigenvalue weighted by atomic mass is 32.1. The van der Waals surface area contributed by atoms with Crippen LogP contribution in [-0.4, -0.2) is 40.7 Å². The maximum Gasteiger partial charge on any atom is 0.573 e. The van der Waals surface area contributed by atoms with Gasteiger partial charge in [-0.2, -0.15) is 0 Å². The van der Waals surface area contributed by atoms with Crippen LogP contribution in [0.25, 0.3) is 0 Å². The number of aromatic amines is 1. The van der Waals surface area contributed by atoms with Crippen molar-refractivity contribution in [1.29, 1.82) is 0 Å². The average Bonchev–Trinajstić information content (AvgIpc) is 3.20. The number of carbonyl (C=O) groups excluding carboxylic acids is 1. The number of nitrogens with zero attached hydrogens (tertiary/aromatic N) is 4. The van der Waals surface area contributed by atoms with Gasteiger partial charge < -0.3 is 15.0 Å².